The molecule has 2 fully saturated rings. The second-order valence-corrected chi connectivity index (χ2v) is 9.05. The number of sulfone groups is 1. The summed E-state index contributed by atoms with van der Waals surface area (Å²) in [6, 6.07) is 5.94. The highest BCUT2D eigenvalue weighted by atomic mass is 32.2. The van der Waals surface area contributed by atoms with Crippen LogP contribution < -0.4 is 0 Å². The zero-order chi connectivity index (χ0) is 16.9. The molecule has 1 aromatic heterocycles. The van der Waals surface area contributed by atoms with E-state index >= 15 is 0 Å². The Hall–Kier alpha value is -1.48. The summed E-state index contributed by atoms with van der Waals surface area (Å²) >= 11 is 1.38. The molecule has 0 N–H and O–H groups in total. The van der Waals surface area contributed by atoms with Crippen LogP contribution in [-0.2, 0) is 9.84 Å². The zero-order valence-electron chi connectivity index (χ0n) is 12.6. The largest absolute Gasteiger partial charge is 0.341 e. The Labute approximate surface area is 142 Å². The monoisotopic (exact) mass is 371 g/mol. The molecule has 9 heteroatoms. The van der Waals surface area contributed by atoms with Gasteiger partial charge in [-0.2, -0.15) is 8.78 Å². The molecule has 0 unspecified atom stereocenters. The van der Waals surface area contributed by atoms with Crippen molar-refractivity contribution in [1.82, 2.24) is 14.8 Å². The number of nitrogens with zero attached hydrogens (tertiary/aromatic N) is 3. The first-order chi connectivity index (χ1) is 11.5. The maximum absolute atomic E-state index is 12.6. The number of alkyl halides is 2. The van der Waals surface area contributed by atoms with Gasteiger partial charge >= 0.3 is 5.76 Å². The standard InChI is InChI=1S/C15H15F2N3O2S2/c16-14(17)24(21,22)12-7-5-11(6-8-12)23-15-19-18-13(9-1-2-9)20(15)10-3-4-10/h5-10,14H,1-4H2. The fourth-order valence-electron chi connectivity index (χ4n) is 2.56. The predicted molar refractivity (Wildman–Crippen MR) is 84.0 cm³/mol. The highest BCUT2D eigenvalue weighted by Gasteiger charge is 2.36. The summed E-state index contributed by atoms with van der Waals surface area (Å²) in [5.74, 6) is -1.86. The summed E-state index contributed by atoms with van der Waals surface area (Å²) in [5, 5.41) is 9.37. The molecule has 0 radical (unpaired) electrons. The van der Waals surface area contributed by atoms with Crippen LogP contribution in [0.15, 0.2) is 39.2 Å². The minimum atomic E-state index is -4.55. The lowest BCUT2D eigenvalue weighted by atomic mass is 10.4. The van der Waals surface area contributed by atoms with Gasteiger partial charge in [0.25, 0.3) is 0 Å². The first-order valence-electron chi connectivity index (χ1n) is 7.71. The van der Waals surface area contributed by atoms with Crippen LogP contribution in [0.3, 0.4) is 0 Å². The Balaban J connectivity index is 1.58. The van der Waals surface area contributed by atoms with E-state index in [1.807, 2.05) is 0 Å². The van der Waals surface area contributed by atoms with E-state index in [9.17, 15) is 17.2 Å². The summed E-state index contributed by atoms with van der Waals surface area (Å²) in [6.45, 7) is 0. The number of hydrogen-bond acceptors (Lipinski definition) is 5. The van der Waals surface area contributed by atoms with Gasteiger partial charge in [0, 0.05) is 16.9 Å². The molecule has 24 heavy (non-hydrogen) atoms. The molecule has 0 spiro atoms. The first-order valence-corrected chi connectivity index (χ1v) is 10.1. The quantitative estimate of drug-likeness (QED) is 0.776. The van der Waals surface area contributed by atoms with Gasteiger partial charge in [0.15, 0.2) is 5.16 Å². The lowest BCUT2D eigenvalue weighted by Gasteiger charge is -2.08. The maximum Gasteiger partial charge on any atom is 0.341 e. The molecule has 0 atom stereocenters. The molecule has 0 bridgehead atoms. The number of aromatic nitrogens is 3. The normalized spacial score (nSPS) is 18.3. The number of hydrogen-bond donors (Lipinski definition) is 0. The van der Waals surface area contributed by atoms with E-state index in [-0.39, 0.29) is 4.90 Å². The topological polar surface area (TPSA) is 64.8 Å². The maximum atomic E-state index is 12.6. The van der Waals surface area contributed by atoms with Crippen LogP contribution in [0.1, 0.15) is 43.5 Å². The van der Waals surface area contributed by atoms with Gasteiger partial charge in [0.2, 0.25) is 9.84 Å². The molecule has 2 aromatic rings. The molecule has 0 saturated heterocycles. The van der Waals surface area contributed by atoms with E-state index in [0.29, 0.717) is 12.0 Å². The third kappa shape index (κ3) is 2.95. The van der Waals surface area contributed by atoms with Crippen LogP contribution in [0.4, 0.5) is 8.78 Å². The zero-order valence-corrected chi connectivity index (χ0v) is 14.2. The van der Waals surface area contributed by atoms with Gasteiger partial charge in [-0.3, -0.25) is 0 Å². The van der Waals surface area contributed by atoms with Gasteiger partial charge in [-0.1, -0.05) is 0 Å². The summed E-state index contributed by atoms with van der Waals surface area (Å²) in [5.41, 5.74) is 0. The molecule has 0 amide bonds. The summed E-state index contributed by atoms with van der Waals surface area (Å²) in [6.07, 6.45) is 4.54. The second-order valence-electron chi connectivity index (χ2n) is 6.10. The van der Waals surface area contributed by atoms with Crippen LogP contribution >= 0.6 is 11.8 Å². The molecular formula is C15H15F2N3O2S2. The van der Waals surface area contributed by atoms with Crippen molar-refractivity contribution in [2.75, 3.05) is 0 Å². The fraction of sp³-hybridized carbons (Fsp3) is 0.467. The van der Waals surface area contributed by atoms with Gasteiger partial charge in [-0.05, 0) is 61.7 Å². The van der Waals surface area contributed by atoms with E-state index in [4.69, 9.17) is 0 Å². The highest BCUT2D eigenvalue weighted by molar-refractivity contribution is 7.99. The van der Waals surface area contributed by atoms with Crippen LogP contribution in [-0.4, -0.2) is 28.9 Å². The van der Waals surface area contributed by atoms with Crippen LogP contribution in [0, 0.1) is 0 Å². The molecule has 2 saturated carbocycles. The molecule has 128 valence electrons. The number of rotatable bonds is 6. The average molecular weight is 371 g/mol. The lowest BCUT2D eigenvalue weighted by molar-refractivity contribution is 0.234. The third-order valence-corrected chi connectivity index (χ3v) is 6.51. The van der Waals surface area contributed by atoms with Crippen molar-refractivity contribution < 1.29 is 17.2 Å². The summed E-state index contributed by atoms with van der Waals surface area (Å²) in [7, 11) is -4.55. The fourth-order valence-corrected chi connectivity index (χ4v) is 4.19. The van der Waals surface area contributed by atoms with Gasteiger partial charge in [-0.15, -0.1) is 10.2 Å². The minimum absolute atomic E-state index is 0.371. The Kier molecular flexibility index (Phi) is 3.87. The highest BCUT2D eigenvalue weighted by Crippen LogP contribution is 2.46. The number of halogens is 2. The molecule has 4 rings (SSSR count). The summed E-state index contributed by atoms with van der Waals surface area (Å²) < 4.78 is 50.2. The van der Waals surface area contributed by atoms with Crippen molar-refractivity contribution >= 4 is 21.6 Å². The van der Waals surface area contributed by atoms with Gasteiger partial charge < -0.3 is 4.57 Å². The van der Waals surface area contributed by atoms with Crippen molar-refractivity contribution in [1.29, 1.82) is 0 Å². The second kappa shape index (κ2) is 5.80. The van der Waals surface area contributed by atoms with E-state index < -0.39 is 15.6 Å². The molecular weight excluding hydrogens is 356 g/mol. The van der Waals surface area contributed by atoms with Crippen molar-refractivity contribution in [2.24, 2.45) is 0 Å². The molecule has 2 aliphatic rings. The Morgan fingerprint density at radius 1 is 1.08 bits per heavy atom. The summed E-state index contributed by atoms with van der Waals surface area (Å²) in [4.78, 5) is 0.379. The van der Waals surface area contributed by atoms with E-state index in [0.717, 1.165) is 41.6 Å². The van der Waals surface area contributed by atoms with Gasteiger partial charge in [0.05, 0.1) is 4.90 Å². The Morgan fingerprint density at radius 2 is 1.75 bits per heavy atom. The molecule has 1 heterocycles. The minimum Gasteiger partial charge on any atom is -0.302 e. The van der Waals surface area contributed by atoms with Gasteiger partial charge in [-0.25, -0.2) is 8.42 Å². The van der Waals surface area contributed by atoms with Crippen LogP contribution in [0.2, 0.25) is 0 Å². The smallest absolute Gasteiger partial charge is 0.302 e. The van der Waals surface area contributed by atoms with Crippen molar-refractivity contribution in [3.05, 3.63) is 30.1 Å². The van der Waals surface area contributed by atoms with Crippen LogP contribution in [0.5, 0.6) is 0 Å². The van der Waals surface area contributed by atoms with Crippen molar-refractivity contribution in [2.45, 2.75) is 58.3 Å². The Bertz CT molecular complexity index is 857. The van der Waals surface area contributed by atoms with Crippen molar-refractivity contribution in [3.63, 3.8) is 0 Å². The average Bonchev–Trinajstić information content (AvgIpc) is 3.47. The number of benzene rings is 1. The van der Waals surface area contributed by atoms with E-state index in [1.54, 1.807) is 0 Å². The predicted octanol–water partition coefficient (Wildman–Crippen LogP) is 3.64. The SMILES string of the molecule is O=S(=O)(c1ccc(Sc2nnc(C3CC3)n2C2CC2)cc1)C(F)F. The third-order valence-electron chi connectivity index (χ3n) is 4.14. The van der Waals surface area contributed by atoms with E-state index in [1.165, 1.54) is 36.0 Å². The van der Waals surface area contributed by atoms with Crippen molar-refractivity contribution in [3.8, 4) is 0 Å². The van der Waals surface area contributed by atoms with Crippen LogP contribution in [0.25, 0.3) is 0 Å². The molecule has 0 aliphatic heterocycles. The first kappa shape index (κ1) is 16.0. The molecule has 1 aromatic carbocycles. The van der Waals surface area contributed by atoms with Gasteiger partial charge in [0.1, 0.15) is 5.82 Å². The molecule has 5 nitrogen and oxygen atoms in total. The lowest BCUT2D eigenvalue weighted by Crippen LogP contribution is -2.11. The molecule has 2 aliphatic carbocycles. The Morgan fingerprint density at radius 3 is 2.29 bits per heavy atom. The van der Waals surface area contributed by atoms with E-state index in [2.05, 4.69) is 14.8 Å².